The molecule has 0 amide bonds. The van der Waals surface area contributed by atoms with E-state index in [0.717, 1.165) is 29.3 Å². The van der Waals surface area contributed by atoms with Gasteiger partial charge in [0, 0.05) is 24.0 Å². The van der Waals surface area contributed by atoms with Gasteiger partial charge in [0.05, 0.1) is 25.4 Å². The Balaban J connectivity index is 2.04. The van der Waals surface area contributed by atoms with Crippen molar-refractivity contribution >= 4 is 20.3 Å². The molecule has 2 unspecified atom stereocenters. The third-order valence-electron chi connectivity index (χ3n) is 7.10. The third kappa shape index (κ3) is 4.52. The predicted octanol–water partition coefficient (Wildman–Crippen LogP) is 4.79. The molecule has 1 aromatic rings. The molecule has 2 aliphatic rings. The van der Waals surface area contributed by atoms with Gasteiger partial charge in [0.2, 0.25) is 0 Å². The lowest BCUT2D eigenvalue weighted by atomic mass is 9.84. The first-order valence-corrected chi connectivity index (χ1v) is 14.2. The van der Waals surface area contributed by atoms with Crippen LogP contribution in [-0.2, 0) is 31.7 Å². The zero-order valence-corrected chi connectivity index (χ0v) is 21.2. The summed E-state index contributed by atoms with van der Waals surface area (Å²) in [6, 6.07) is 4.79. The predicted molar refractivity (Wildman–Crippen MR) is 123 cm³/mol. The van der Waals surface area contributed by atoms with Gasteiger partial charge in [-0.15, -0.1) is 0 Å². The fourth-order valence-corrected chi connectivity index (χ4v) is 7.66. The van der Waals surface area contributed by atoms with Gasteiger partial charge in [-0.25, -0.2) is 4.79 Å². The van der Waals surface area contributed by atoms with Crippen molar-refractivity contribution < 1.29 is 33.0 Å². The quantitative estimate of drug-likeness (QED) is 0.364. The Morgan fingerprint density at radius 2 is 1.88 bits per heavy atom. The Bertz CT molecular complexity index is 856. The van der Waals surface area contributed by atoms with E-state index >= 15 is 0 Å². The average molecular weight is 465 g/mol. The van der Waals surface area contributed by atoms with E-state index < -0.39 is 13.9 Å². The Kier molecular flexibility index (Phi) is 7.55. The Morgan fingerprint density at radius 3 is 2.47 bits per heavy atom. The summed E-state index contributed by atoms with van der Waals surface area (Å²) in [7, 11) is -0.368. The summed E-state index contributed by atoms with van der Waals surface area (Å²) in [5.41, 5.74) is 1.38. The van der Waals surface area contributed by atoms with Crippen LogP contribution in [-0.4, -0.2) is 45.7 Å². The smallest absolute Gasteiger partial charge is 0.339 e. The zero-order valence-electron chi connectivity index (χ0n) is 20.2. The minimum Gasteiger partial charge on any atom is -0.496 e. The number of carbonyl (C=O) groups is 2. The molecule has 0 radical (unpaired) electrons. The summed E-state index contributed by atoms with van der Waals surface area (Å²) in [4.78, 5) is 24.4. The van der Waals surface area contributed by atoms with Gasteiger partial charge >= 0.3 is 11.9 Å². The van der Waals surface area contributed by atoms with Crippen LogP contribution in [0.5, 0.6) is 11.5 Å². The Labute approximate surface area is 191 Å². The van der Waals surface area contributed by atoms with Crippen molar-refractivity contribution in [3.63, 3.8) is 0 Å². The third-order valence-corrected chi connectivity index (χ3v) is 11.7. The lowest BCUT2D eigenvalue weighted by Gasteiger charge is -2.46. The molecule has 32 heavy (non-hydrogen) atoms. The number of rotatable bonds is 10. The molecule has 0 aliphatic carbocycles. The normalized spacial score (nSPS) is 21.9. The molecule has 178 valence electrons. The van der Waals surface area contributed by atoms with E-state index in [2.05, 4.69) is 20.8 Å². The lowest BCUT2D eigenvalue weighted by molar-refractivity contribution is -0.145. The van der Waals surface area contributed by atoms with E-state index in [0.29, 0.717) is 36.5 Å². The second kappa shape index (κ2) is 9.83. The maximum absolute atomic E-state index is 12.2. The van der Waals surface area contributed by atoms with Gasteiger partial charge in [0.1, 0.15) is 23.7 Å². The number of hydrogen-bond acceptors (Lipinski definition) is 7. The maximum atomic E-state index is 12.2. The average Bonchev–Trinajstić information content (AvgIpc) is 3.17. The summed E-state index contributed by atoms with van der Waals surface area (Å²) in [6.45, 7) is 10.9. The summed E-state index contributed by atoms with van der Waals surface area (Å²) in [5.74, 6) is 0.621. The number of fused-ring (bicyclic) bond motifs is 3. The van der Waals surface area contributed by atoms with Gasteiger partial charge in [-0.3, -0.25) is 4.79 Å². The summed E-state index contributed by atoms with van der Waals surface area (Å²) in [5, 5.41) is 0. The van der Waals surface area contributed by atoms with Crippen molar-refractivity contribution in [1.82, 2.24) is 0 Å². The van der Waals surface area contributed by atoms with Crippen LogP contribution in [0.15, 0.2) is 6.07 Å². The molecule has 0 saturated carbocycles. The van der Waals surface area contributed by atoms with Crippen LogP contribution < -0.4 is 9.47 Å². The van der Waals surface area contributed by atoms with Crippen LogP contribution >= 0.6 is 0 Å². The summed E-state index contributed by atoms with van der Waals surface area (Å²) >= 11 is 0. The van der Waals surface area contributed by atoms with Crippen LogP contribution in [0.3, 0.4) is 0 Å². The number of cyclic esters (lactones) is 1. The second-order valence-electron chi connectivity index (χ2n) is 8.76. The van der Waals surface area contributed by atoms with Gasteiger partial charge in [-0.2, -0.15) is 0 Å². The number of ether oxygens (including phenoxy) is 4. The number of carbonyl (C=O) groups excluding carboxylic acids is 2. The fraction of sp³-hybridized carbons (Fsp3) is 0.667. The van der Waals surface area contributed by atoms with Gasteiger partial charge in [-0.1, -0.05) is 20.8 Å². The standard InChI is InChI=1S/C24H36O7Si/c1-7-28-21(25)11-12-24(5)20(31-32(8-2,9-3)10-4)14-17-19(27-6)13-16-18(22(17)30-24)15-29-23(16)26/h13,20H,7-12,14-15H2,1-6H3. The van der Waals surface area contributed by atoms with E-state index in [1.54, 1.807) is 20.1 Å². The molecule has 8 heteroatoms. The molecule has 3 rings (SSSR count). The topological polar surface area (TPSA) is 80.3 Å². The largest absolute Gasteiger partial charge is 0.496 e. The molecule has 0 fully saturated rings. The van der Waals surface area contributed by atoms with E-state index in [-0.39, 0.29) is 31.1 Å². The van der Waals surface area contributed by atoms with Crippen molar-refractivity contribution in [1.29, 1.82) is 0 Å². The highest BCUT2D eigenvalue weighted by atomic mass is 28.4. The molecular weight excluding hydrogens is 428 g/mol. The Hall–Kier alpha value is -2.06. The minimum absolute atomic E-state index is 0.178. The number of esters is 2. The van der Waals surface area contributed by atoms with Crippen molar-refractivity contribution in [2.24, 2.45) is 0 Å². The van der Waals surface area contributed by atoms with E-state index in [4.69, 9.17) is 23.4 Å². The molecule has 2 aliphatic heterocycles. The number of methoxy groups -OCH3 is 1. The molecule has 7 nitrogen and oxygen atoms in total. The Morgan fingerprint density at radius 1 is 1.19 bits per heavy atom. The molecule has 0 spiro atoms. The van der Waals surface area contributed by atoms with Crippen LogP contribution in [0.4, 0.5) is 0 Å². The van der Waals surface area contributed by atoms with Crippen LogP contribution in [0.25, 0.3) is 0 Å². The van der Waals surface area contributed by atoms with Crippen molar-refractivity contribution in [3.05, 3.63) is 22.8 Å². The first kappa shape index (κ1) is 24.6. The van der Waals surface area contributed by atoms with Gasteiger partial charge in [0.25, 0.3) is 0 Å². The SMILES string of the molecule is CCOC(=O)CCC1(C)Oc2c(c(OC)cc3c2COC3=O)CC1O[Si](CC)(CC)CC. The molecule has 0 bridgehead atoms. The first-order valence-electron chi connectivity index (χ1n) is 11.7. The molecule has 0 N–H and O–H groups in total. The highest BCUT2D eigenvalue weighted by Crippen LogP contribution is 2.47. The van der Waals surface area contributed by atoms with Crippen LogP contribution in [0.1, 0.15) is 68.9 Å². The highest BCUT2D eigenvalue weighted by Gasteiger charge is 2.48. The first-order chi connectivity index (χ1) is 15.3. The van der Waals surface area contributed by atoms with Gasteiger partial charge in [-0.05, 0) is 44.5 Å². The molecule has 0 saturated heterocycles. The second-order valence-corrected chi connectivity index (χ2v) is 13.5. The fourth-order valence-electron chi connectivity index (χ4n) is 4.72. The van der Waals surface area contributed by atoms with Crippen molar-refractivity contribution in [2.45, 2.75) is 90.3 Å². The minimum atomic E-state index is -1.96. The van der Waals surface area contributed by atoms with Gasteiger partial charge in [0.15, 0.2) is 8.32 Å². The lowest BCUT2D eigenvalue weighted by Crippen LogP contribution is -2.55. The molecular formula is C24H36O7Si. The summed E-state index contributed by atoms with van der Waals surface area (Å²) in [6.07, 6.45) is 1.05. The summed E-state index contributed by atoms with van der Waals surface area (Å²) < 4.78 is 29.7. The molecule has 1 aromatic carbocycles. The van der Waals surface area contributed by atoms with E-state index in [9.17, 15) is 9.59 Å². The van der Waals surface area contributed by atoms with Crippen molar-refractivity contribution in [2.75, 3.05) is 13.7 Å². The maximum Gasteiger partial charge on any atom is 0.339 e. The van der Waals surface area contributed by atoms with Crippen molar-refractivity contribution in [3.8, 4) is 11.5 Å². The van der Waals surface area contributed by atoms with E-state index in [1.165, 1.54) is 0 Å². The molecule has 2 heterocycles. The van der Waals surface area contributed by atoms with Crippen LogP contribution in [0.2, 0.25) is 18.1 Å². The zero-order chi connectivity index (χ0) is 23.5. The number of hydrogen-bond donors (Lipinski definition) is 0. The van der Waals surface area contributed by atoms with Gasteiger partial charge < -0.3 is 23.4 Å². The molecule has 2 atom stereocenters. The molecule has 0 aromatic heterocycles. The number of benzene rings is 1. The highest BCUT2D eigenvalue weighted by molar-refractivity contribution is 6.73. The van der Waals surface area contributed by atoms with Crippen LogP contribution in [0, 0.1) is 0 Å². The monoisotopic (exact) mass is 464 g/mol. The van der Waals surface area contributed by atoms with E-state index in [1.807, 2.05) is 6.92 Å².